The van der Waals surface area contributed by atoms with Crippen molar-refractivity contribution < 1.29 is 23.7 Å². The predicted octanol–water partition coefficient (Wildman–Crippen LogP) is 4.89. The normalized spacial score (nSPS) is 16.0. The third-order valence-corrected chi connectivity index (χ3v) is 4.26. The van der Waals surface area contributed by atoms with Crippen LogP contribution in [-0.2, 0) is 4.74 Å². The fourth-order valence-electron chi connectivity index (χ4n) is 3.13. The van der Waals surface area contributed by atoms with Gasteiger partial charge in [-0.05, 0) is 74.7 Å². The van der Waals surface area contributed by atoms with E-state index in [1.807, 2.05) is 0 Å². The van der Waals surface area contributed by atoms with Gasteiger partial charge in [0.25, 0.3) is 0 Å². The molecular weight excluding hydrogens is 356 g/mol. The summed E-state index contributed by atoms with van der Waals surface area (Å²) in [6.45, 7) is 9.78. The van der Waals surface area contributed by atoms with Gasteiger partial charge in [-0.15, -0.1) is 0 Å². The van der Waals surface area contributed by atoms with Gasteiger partial charge in [-0.2, -0.15) is 0 Å². The smallest absolute Gasteiger partial charge is 0.343 e. The molecule has 1 fully saturated rings. The van der Waals surface area contributed by atoms with Crippen LogP contribution in [0.4, 0.5) is 0 Å². The molecule has 1 heterocycles. The van der Waals surface area contributed by atoms with E-state index in [1.165, 1.54) is 0 Å². The summed E-state index contributed by atoms with van der Waals surface area (Å²) in [7, 11) is 0. The lowest BCUT2D eigenvalue weighted by molar-refractivity contribution is 0.0734. The SMILES string of the molecule is CC(C)CC(C)(C)Oc1ccc(C(=O)Oc2ccc(OCC3CO3)cc2)cc1. The van der Waals surface area contributed by atoms with E-state index >= 15 is 0 Å². The minimum Gasteiger partial charge on any atom is -0.491 e. The quantitative estimate of drug-likeness (QED) is 0.350. The van der Waals surface area contributed by atoms with Crippen molar-refractivity contribution in [3.05, 3.63) is 54.1 Å². The Morgan fingerprint density at radius 2 is 1.61 bits per heavy atom. The second-order valence-corrected chi connectivity index (χ2v) is 8.11. The number of carbonyl (C=O) groups is 1. The Morgan fingerprint density at radius 1 is 1.04 bits per heavy atom. The highest BCUT2D eigenvalue weighted by atomic mass is 16.6. The van der Waals surface area contributed by atoms with Crippen LogP contribution in [0.1, 0.15) is 44.5 Å². The summed E-state index contributed by atoms with van der Waals surface area (Å²) in [4.78, 5) is 12.4. The van der Waals surface area contributed by atoms with Crippen LogP contribution < -0.4 is 14.2 Å². The van der Waals surface area contributed by atoms with Gasteiger partial charge in [0.15, 0.2) is 0 Å². The molecule has 5 nitrogen and oxygen atoms in total. The summed E-state index contributed by atoms with van der Waals surface area (Å²) in [6, 6.07) is 14.0. The molecule has 150 valence electrons. The number of benzene rings is 2. The molecule has 1 saturated heterocycles. The minimum absolute atomic E-state index is 0.209. The number of rotatable bonds is 9. The molecular formula is C23H28O5. The third-order valence-electron chi connectivity index (χ3n) is 4.26. The maximum Gasteiger partial charge on any atom is 0.343 e. The summed E-state index contributed by atoms with van der Waals surface area (Å²) in [5.41, 5.74) is 0.214. The number of hydrogen-bond donors (Lipinski definition) is 0. The van der Waals surface area contributed by atoms with Gasteiger partial charge in [-0.1, -0.05) is 13.8 Å². The molecule has 0 N–H and O–H groups in total. The van der Waals surface area contributed by atoms with Crippen molar-refractivity contribution in [2.45, 2.75) is 45.8 Å². The number of esters is 1. The van der Waals surface area contributed by atoms with Crippen LogP contribution in [0.2, 0.25) is 0 Å². The first-order chi connectivity index (χ1) is 13.3. The molecule has 5 heteroatoms. The average molecular weight is 384 g/mol. The first kappa shape index (κ1) is 20.2. The first-order valence-corrected chi connectivity index (χ1v) is 9.66. The van der Waals surface area contributed by atoms with Crippen LogP contribution >= 0.6 is 0 Å². The minimum atomic E-state index is -0.409. The topological polar surface area (TPSA) is 57.3 Å². The molecule has 0 amide bonds. The van der Waals surface area contributed by atoms with E-state index in [1.54, 1.807) is 48.5 Å². The fourth-order valence-corrected chi connectivity index (χ4v) is 3.13. The van der Waals surface area contributed by atoms with E-state index in [9.17, 15) is 4.79 Å². The second-order valence-electron chi connectivity index (χ2n) is 8.11. The zero-order valence-electron chi connectivity index (χ0n) is 16.9. The first-order valence-electron chi connectivity index (χ1n) is 9.66. The Bertz CT molecular complexity index is 774. The highest BCUT2D eigenvalue weighted by molar-refractivity contribution is 5.91. The molecule has 0 radical (unpaired) electrons. The maximum atomic E-state index is 12.4. The Balaban J connectivity index is 1.53. The van der Waals surface area contributed by atoms with Crippen LogP contribution in [0, 0.1) is 5.92 Å². The molecule has 1 aliphatic heterocycles. The molecule has 0 saturated carbocycles. The summed E-state index contributed by atoms with van der Waals surface area (Å²) < 4.78 is 22.2. The molecule has 1 atom stereocenters. The molecule has 1 unspecified atom stereocenters. The van der Waals surface area contributed by atoms with E-state index < -0.39 is 5.97 Å². The summed E-state index contributed by atoms with van der Waals surface area (Å²) in [6.07, 6.45) is 1.16. The second kappa shape index (κ2) is 8.65. The Labute approximate surface area is 166 Å². The number of epoxide rings is 1. The van der Waals surface area contributed by atoms with Gasteiger partial charge in [0.1, 0.15) is 35.6 Å². The van der Waals surface area contributed by atoms with E-state index in [4.69, 9.17) is 18.9 Å². The van der Waals surface area contributed by atoms with E-state index in [2.05, 4.69) is 27.7 Å². The van der Waals surface area contributed by atoms with Crippen LogP contribution in [0.15, 0.2) is 48.5 Å². The van der Waals surface area contributed by atoms with Gasteiger partial charge >= 0.3 is 5.97 Å². The van der Waals surface area contributed by atoms with Crippen molar-refractivity contribution >= 4 is 5.97 Å². The molecule has 28 heavy (non-hydrogen) atoms. The maximum absolute atomic E-state index is 12.4. The Kier molecular flexibility index (Phi) is 6.25. The van der Waals surface area contributed by atoms with E-state index in [0.29, 0.717) is 23.8 Å². The highest BCUT2D eigenvalue weighted by Crippen LogP contribution is 2.25. The molecule has 0 bridgehead atoms. The van der Waals surface area contributed by atoms with Crippen molar-refractivity contribution in [1.82, 2.24) is 0 Å². The summed E-state index contributed by atoms with van der Waals surface area (Å²) in [5.74, 6) is 2.07. The molecule has 2 aromatic rings. The van der Waals surface area contributed by atoms with Gasteiger partial charge in [0, 0.05) is 0 Å². The van der Waals surface area contributed by atoms with Crippen molar-refractivity contribution in [2.24, 2.45) is 5.92 Å². The van der Waals surface area contributed by atoms with E-state index in [0.717, 1.165) is 24.5 Å². The fraction of sp³-hybridized carbons (Fsp3) is 0.435. The van der Waals surface area contributed by atoms with Crippen LogP contribution in [-0.4, -0.2) is 30.9 Å². The lowest BCUT2D eigenvalue weighted by Gasteiger charge is -2.28. The van der Waals surface area contributed by atoms with Gasteiger partial charge < -0.3 is 18.9 Å². The molecule has 0 spiro atoms. The zero-order valence-corrected chi connectivity index (χ0v) is 16.9. The van der Waals surface area contributed by atoms with Crippen molar-refractivity contribution in [2.75, 3.05) is 13.2 Å². The molecule has 0 aromatic heterocycles. The Hall–Kier alpha value is -2.53. The molecule has 0 aliphatic carbocycles. The van der Waals surface area contributed by atoms with Gasteiger partial charge in [-0.3, -0.25) is 0 Å². The van der Waals surface area contributed by atoms with Crippen LogP contribution in [0.3, 0.4) is 0 Å². The van der Waals surface area contributed by atoms with Crippen molar-refractivity contribution in [3.63, 3.8) is 0 Å². The van der Waals surface area contributed by atoms with Gasteiger partial charge in [0.2, 0.25) is 0 Å². The average Bonchev–Trinajstić information content (AvgIpc) is 3.44. The lowest BCUT2D eigenvalue weighted by atomic mass is 9.96. The van der Waals surface area contributed by atoms with Crippen LogP contribution in [0.5, 0.6) is 17.2 Å². The van der Waals surface area contributed by atoms with Gasteiger partial charge in [0.05, 0.1) is 12.2 Å². The van der Waals surface area contributed by atoms with E-state index in [-0.39, 0.29) is 11.7 Å². The lowest BCUT2D eigenvalue weighted by Crippen LogP contribution is -2.29. The van der Waals surface area contributed by atoms with Crippen LogP contribution in [0.25, 0.3) is 0 Å². The zero-order chi connectivity index (χ0) is 20.1. The van der Waals surface area contributed by atoms with Crippen molar-refractivity contribution in [1.29, 1.82) is 0 Å². The Morgan fingerprint density at radius 3 is 2.18 bits per heavy atom. The number of ether oxygens (including phenoxy) is 4. The predicted molar refractivity (Wildman–Crippen MR) is 107 cm³/mol. The summed E-state index contributed by atoms with van der Waals surface area (Å²) >= 11 is 0. The number of hydrogen-bond acceptors (Lipinski definition) is 5. The molecule has 1 aliphatic rings. The van der Waals surface area contributed by atoms with Gasteiger partial charge in [-0.25, -0.2) is 4.79 Å². The summed E-state index contributed by atoms with van der Waals surface area (Å²) in [5, 5.41) is 0. The largest absolute Gasteiger partial charge is 0.491 e. The number of carbonyl (C=O) groups excluding carboxylic acids is 1. The van der Waals surface area contributed by atoms with Crippen molar-refractivity contribution in [3.8, 4) is 17.2 Å². The third kappa shape index (κ3) is 6.27. The standard InChI is InChI=1S/C23H28O5/c1-16(2)13-23(3,4)28-20-7-5-17(6-8-20)22(24)27-19-11-9-18(10-12-19)25-14-21-15-26-21/h5-12,16,21H,13-15H2,1-4H3. The monoisotopic (exact) mass is 384 g/mol. The molecule has 3 rings (SSSR count). The molecule has 2 aromatic carbocycles. The highest BCUT2D eigenvalue weighted by Gasteiger charge is 2.23.